The van der Waals surface area contributed by atoms with Crippen LogP contribution >= 0.6 is 0 Å². The fraction of sp³-hybridized carbons (Fsp3) is 0.857. The molecule has 1 amide bonds. The molecule has 0 aromatic rings. The van der Waals surface area contributed by atoms with E-state index in [1.165, 1.54) is 0 Å². The Labute approximate surface area is 114 Å². The average Bonchev–Trinajstić information content (AvgIpc) is 2.71. The number of aliphatic carboxylic acids is 1. The van der Waals surface area contributed by atoms with E-state index in [1.54, 1.807) is 6.92 Å². The first-order chi connectivity index (χ1) is 8.77. The van der Waals surface area contributed by atoms with Crippen LogP contribution in [0.1, 0.15) is 40.5 Å². The van der Waals surface area contributed by atoms with Crippen molar-refractivity contribution in [3.63, 3.8) is 0 Å². The van der Waals surface area contributed by atoms with Crippen LogP contribution in [0.4, 0.5) is 0 Å². The van der Waals surface area contributed by atoms with Crippen LogP contribution in [0.5, 0.6) is 0 Å². The standard InChI is InChI=1S/C14H25NO4/c1-9(2)14(4,13(17)18)7-12(16)15-8-11-5-6-19-10(11)3/h9-11H,5-8H2,1-4H3,(H,15,16)(H,17,18). The molecule has 0 aliphatic carbocycles. The lowest BCUT2D eigenvalue weighted by molar-refractivity contribution is -0.153. The minimum Gasteiger partial charge on any atom is -0.481 e. The van der Waals surface area contributed by atoms with Gasteiger partial charge >= 0.3 is 5.97 Å². The average molecular weight is 271 g/mol. The molecule has 3 unspecified atom stereocenters. The molecule has 110 valence electrons. The van der Waals surface area contributed by atoms with Crippen LogP contribution in [0, 0.1) is 17.3 Å². The molecule has 1 saturated heterocycles. The van der Waals surface area contributed by atoms with Crippen molar-refractivity contribution in [1.82, 2.24) is 5.32 Å². The van der Waals surface area contributed by atoms with Crippen molar-refractivity contribution in [1.29, 1.82) is 0 Å². The number of nitrogens with one attached hydrogen (secondary N) is 1. The number of rotatable bonds is 6. The van der Waals surface area contributed by atoms with Crippen LogP contribution in [0.15, 0.2) is 0 Å². The summed E-state index contributed by atoms with van der Waals surface area (Å²) >= 11 is 0. The molecule has 1 aliphatic heterocycles. The molecule has 0 aromatic heterocycles. The number of hydrogen-bond donors (Lipinski definition) is 2. The molecule has 1 rings (SSSR count). The van der Waals surface area contributed by atoms with Crippen molar-refractivity contribution in [3.05, 3.63) is 0 Å². The normalized spacial score (nSPS) is 26.2. The summed E-state index contributed by atoms with van der Waals surface area (Å²) in [5.74, 6) is -0.878. The van der Waals surface area contributed by atoms with Gasteiger partial charge in [0, 0.05) is 25.5 Å². The van der Waals surface area contributed by atoms with Gasteiger partial charge in [-0.1, -0.05) is 13.8 Å². The first-order valence-electron chi connectivity index (χ1n) is 6.89. The highest BCUT2D eigenvalue weighted by molar-refractivity contribution is 5.84. The predicted molar refractivity (Wildman–Crippen MR) is 71.7 cm³/mol. The Hall–Kier alpha value is -1.10. The van der Waals surface area contributed by atoms with E-state index in [1.807, 2.05) is 20.8 Å². The Balaban J connectivity index is 2.47. The fourth-order valence-corrected chi connectivity index (χ4v) is 2.21. The molecule has 0 radical (unpaired) electrons. The molecule has 0 aromatic carbocycles. The zero-order valence-corrected chi connectivity index (χ0v) is 12.2. The topological polar surface area (TPSA) is 75.6 Å². The number of carboxylic acids is 1. The Morgan fingerprint density at radius 1 is 1.47 bits per heavy atom. The van der Waals surface area contributed by atoms with Crippen molar-refractivity contribution < 1.29 is 19.4 Å². The minimum atomic E-state index is -1.01. The first-order valence-corrected chi connectivity index (χ1v) is 6.89. The first kappa shape index (κ1) is 16.0. The lowest BCUT2D eigenvalue weighted by Crippen LogP contribution is -2.40. The molecule has 5 nitrogen and oxygen atoms in total. The van der Waals surface area contributed by atoms with E-state index < -0.39 is 11.4 Å². The molecule has 0 spiro atoms. The van der Waals surface area contributed by atoms with E-state index >= 15 is 0 Å². The highest BCUT2D eigenvalue weighted by Crippen LogP contribution is 2.31. The van der Waals surface area contributed by atoms with Gasteiger partial charge in [0.2, 0.25) is 5.91 Å². The molecule has 1 heterocycles. The van der Waals surface area contributed by atoms with Crippen LogP contribution < -0.4 is 5.32 Å². The van der Waals surface area contributed by atoms with Gasteiger partial charge in [-0.3, -0.25) is 9.59 Å². The number of hydrogen-bond acceptors (Lipinski definition) is 3. The smallest absolute Gasteiger partial charge is 0.310 e. The molecule has 0 bridgehead atoms. The SMILES string of the molecule is CC1OCCC1CNC(=O)CC(C)(C(=O)O)C(C)C. The third-order valence-electron chi connectivity index (χ3n) is 4.39. The van der Waals surface area contributed by atoms with E-state index in [9.17, 15) is 14.7 Å². The highest BCUT2D eigenvalue weighted by Gasteiger charge is 2.39. The van der Waals surface area contributed by atoms with Crippen molar-refractivity contribution >= 4 is 11.9 Å². The van der Waals surface area contributed by atoms with Crippen molar-refractivity contribution in [3.8, 4) is 0 Å². The van der Waals surface area contributed by atoms with E-state index in [0.717, 1.165) is 13.0 Å². The molecular weight excluding hydrogens is 246 g/mol. The van der Waals surface area contributed by atoms with Gasteiger partial charge in [0.25, 0.3) is 0 Å². The summed E-state index contributed by atoms with van der Waals surface area (Å²) in [6, 6.07) is 0. The molecule has 3 atom stereocenters. The number of amides is 1. The fourth-order valence-electron chi connectivity index (χ4n) is 2.21. The van der Waals surface area contributed by atoms with Crippen molar-refractivity contribution in [2.75, 3.05) is 13.2 Å². The van der Waals surface area contributed by atoms with Gasteiger partial charge in [-0.05, 0) is 26.2 Å². The number of carbonyl (C=O) groups excluding carboxylic acids is 1. The van der Waals surface area contributed by atoms with Crippen LogP contribution in [0.25, 0.3) is 0 Å². The zero-order chi connectivity index (χ0) is 14.6. The molecule has 1 fully saturated rings. The predicted octanol–water partition coefficient (Wildman–Crippen LogP) is 1.66. The second kappa shape index (κ2) is 6.37. The monoisotopic (exact) mass is 271 g/mol. The Morgan fingerprint density at radius 3 is 2.53 bits per heavy atom. The lowest BCUT2D eigenvalue weighted by Gasteiger charge is -2.28. The molecule has 2 N–H and O–H groups in total. The molecule has 0 saturated carbocycles. The molecular formula is C14H25NO4. The Kier molecular flexibility index (Phi) is 5.35. The van der Waals surface area contributed by atoms with Gasteiger partial charge in [-0.2, -0.15) is 0 Å². The third kappa shape index (κ3) is 3.93. The second-order valence-electron chi connectivity index (χ2n) is 5.98. The van der Waals surface area contributed by atoms with Gasteiger partial charge in [0.05, 0.1) is 11.5 Å². The largest absolute Gasteiger partial charge is 0.481 e. The minimum absolute atomic E-state index is 0.0158. The summed E-state index contributed by atoms with van der Waals surface area (Å²) in [5, 5.41) is 12.1. The number of ether oxygens (including phenoxy) is 1. The van der Waals surface area contributed by atoms with E-state index in [4.69, 9.17) is 4.74 Å². The highest BCUT2D eigenvalue weighted by atomic mass is 16.5. The number of carbonyl (C=O) groups is 2. The quantitative estimate of drug-likeness (QED) is 0.770. The zero-order valence-electron chi connectivity index (χ0n) is 12.2. The third-order valence-corrected chi connectivity index (χ3v) is 4.39. The molecule has 5 heteroatoms. The van der Waals surface area contributed by atoms with Crippen molar-refractivity contribution in [2.45, 2.75) is 46.6 Å². The van der Waals surface area contributed by atoms with E-state index in [2.05, 4.69) is 5.32 Å². The Bertz CT molecular complexity index is 342. The summed E-state index contributed by atoms with van der Waals surface area (Å²) in [4.78, 5) is 23.2. The Morgan fingerprint density at radius 2 is 2.11 bits per heavy atom. The van der Waals surface area contributed by atoms with Gasteiger partial charge < -0.3 is 15.2 Å². The van der Waals surface area contributed by atoms with Gasteiger partial charge in [-0.25, -0.2) is 0 Å². The second-order valence-corrected chi connectivity index (χ2v) is 5.98. The van der Waals surface area contributed by atoms with Crippen LogP contribution in [0.3, 0.4) is 0 Å². The van der Waals surface area contributed by atoms with Crippen LogP contribution in [-0.2, 0) is 14.3 Å². The summed E-state index contributed by atoms with van der Waals surface area (Å²) in [7, 11) is 0. The van der Waals surface area contributed by atoms with Gasteiger partial charge in [0.1, 0.15) is 0 Å². The summed E-state index contributed by atoms with van der Waals surface area (Å²) in [6.45, 7) is 8.58. The maximum absolute atomic E-state index is 11.9. The van der Waals surface area contributed by atoms with E-state index in [0.29, 0.717) is 12.5 Å². The van der Waals surface area contributed by atoms with Crippen LogP contribution in [0.2, 0.25) is 0 Å². The maximum Gasteiger partial charge on any atom is 0.310 e. The van der Waals surface area contributed by atoms with Crippen molar-refractivity contribution in [2.24, 2.45) is 17.3 Å². The maximum atomic E-state index is 11.9. The van der Waals surface area contributed by atoms with Gasteiger partial charge in [-0.15, -0.1) is 0 Å². The molecule has 19 heavy (non-hydrogen) atoms. The summed E-state index contributed by atoms with van der Waals surface area (Å²) in [5.41, 5.74) is -1.01. The van der Waals surface area contributed by atoms with E-state index in [-0.39, 0.29) is 24.3 Å². The van der Waals surface area contributed by atoms with Gasteiger partial charge in [0.15, 0.2) is 0 Å². The lowest BCUT2D eigenvalue weighted by atomic mass is 9.76. The number of carboxylic acid groups (broad SMARTS) is 1. The van der Waals surface area contributed by atoms with Crippen LogP contribution in [-0.4, -0.2) is 36.2 Å². The summed E-state index contributed by atoms with van der Waals surface area (Å²) in [6.07, 6.45) is 1.13. The molecule has 1 aliphatic rings. The summed E-state index contributed by atoms with van der Waals surface area (Å²) < 4.78 is 5.43.